The second kappa shape index (κ2) is 10.4. The molecule has 1 atom stereocenters. The van der Waals surface area contributed by atoms with Gasteiger partial charge in [-0.1, -0.05) is 23.6 Å². The smallest absolute Gasteiger partial charge is 0.299 e. The predicted octanol–water partition coefficient (Wildman–Crippen LogP) is 5.39. The van der Waals surface area contributed by atoms with E-state index >= 15 is 0 Å². The number of H-pyrrole nitrogens is 1. The van der Waals surface area contributed by atoms with Crippen LogP contribution in [-0.4, -0.2) is 52.4 Å². The fourth-order valence-corrected chi connectivity index (χ4v) is 5.34. The molecule has 38 heavy (non-hydrogen) atoms. The number of aromatic nitrogens is 2. The number of pyridine rings is 1. The van der Waals surface area contributed by atoms with Crippen LogP contribution in [0.25, 0.3) is 11.3 Å². The van der Waals surface area contributed by atoms with E-state index in [1.165, 1.54) is 0 Å². The number of nitrogens with one attached hydrogen (secondary N) is 2. The number of aryl methyl sites for hydroxylation is 1. The SMILES string of the molecule is CC#CC(=O)N1CC[C@]1(C)COc1cnccc1-c1[nH]c2c(c1Nc1cccc(Cl)c1OC)C(=O)CCC2. The third-order valence-electron chi connectivity index (χ3n) is 7.21. The fourth-order valence-electron chi connectivity index (χ4n) is 5.09. The molecule has 3 heterocycles. The van der Waals surface area contributed by atoms with Gasteiger partial charge in [0.15, 0.2) is 11.5 Å². The number of benzene rings is 1. The number of likely N-dealkylation sites (tertiary alicyclic amines) is 1. The Kier molecular flexibility index (Phi) is 7.04. The van der Waals surface area contributed by atoms with Gasteiger partial charge in [0.25, 0.3) is 5.91 Å². The van der Waals surface area contributed by atoms with Gasteiger partial charge in [-0.25, -0.2) is 0 Å². The lowest BCUT2D eigenvalue weighted by atomic mass is 9.87. The number of carbonyl (C=O) groups is 2. The number of Topliss-reactive ketones (excluding diaryl/α,β-unsaturated/α-hetero) is 1. The minimum Gasteiger partial charge on any atom is -0.493 e. The van der Waals surface area contributed by atoms with Crippen molar-refractivity contribution in [3.05, 3.63) is 52.9 Å². The van der Waals surface area contributed by atoms with Gasteiger partial charge in [-0.3, -0.25) is 14.6 Å². The number of ketones is 1. The average molecular weight is 533 g/mol. The molecule has 2 aliphatic rings. The van der Waals surface area contributed by atoms with E-state index in [4.69, 9.17) is 21.1 Å². The topological polar surface area (TPSA) is 96.6 Å². The molecule has 1 aliphatic carbocycles. The summed E-state index contributed by atoms with van der Waals surface area (Å²) in [6.07, 6.45) is 6.18. The number of fused-ring (bicyclic) bond motifs is 1. The molecule has 0 unspecified atom stereocenters. The minimum absolute atomic E-state index is 0.0712. The van der Waals surface area contributed by atoms with Crippen LogP contribution in [0.4, 0.5) is 11.4 Å². The molecule has 8 nitrogen and oxygen atoms in total. The standard InChI is InChI=1S/C29H29ClN4O4/c1-4-7-24(36)34-15-13-29(34,2)17-38-23-16-31-14-12-18(23)26-27(25-20(32-26)9-6-11-22(25)35)33-21-10-5-8-19(30)28(21)37-3/h5,8,10,12,14,16,32-33H,6,9,11,13,15,17H2,1-3H3/t29-/m1/s1. The quantitative estimate of drug-likeness (QED) is 0.396. The summed E-state index contributed by atoms with van der Waals surface area (Å²) in [7, 11) is 1.56. The van der Waals surface area contributed by atoms with Crippen molar-refractivity contribution in [3.8, 4) is 34.6 Å². The lowest BCUT2D eigenvalue weighted by Crippen LogP contribution is -2.63. The largest absolute Gasteiger partial charge is 0.493 e. The average Bonchev–Trinajstić information content (AvgIpc) is 3.26. The summed E-state index contributed by atoms with van der Waals surface area (Å²) in [6.45, 7) is 4.58. The highest BCUT2D eigenvalue weighted by atomic mass is 35.5. The van der Waals surface area contributed by atoms with E-state index in [1.54, 1.807) is 37.4 Å². The number of ether oxygens (including phenoxy) is 2. The molecule has 0 radical (unpaired) electrons. The van der Waals surface area contributed by atoms with E-state index in [-0.39, 0.29) is 18.3 Å². The molecule has 1 aromatic carbocycles. The van der Waals surface area contributed by atoms with E-state index < -0.39 is 5.54 Å². The summed E-state index contributed by atoms with van der Waals surface area (Å²) in [5.74, 6) is 6.20. The van der Waals surface area contributed by atoms with Gasteiger partial charge in [-0.2, -0.15) is 0 Å². The Balaban J connectivity index is 1.53. The van der Waals surface area contributed by atoms with Gasteiger partial charge in [-0.15, -0.1) is 0 Å². The van der Waals surface area contributed by atoms with Crippen LogP contribution in [0, 0.1) is 11.8 Å². The van der Waals surface area contributed by atoms with Crippen molar-refractivity contribution in [2.45, 2.75) is 45.1 Å². The second-order valence-corrected chi connectivity index (χ2v) is 10.1. The number of amides is 1. The van der Waals surface area contributed by atoms with Crippen LogP contribution >= 0.6 is 11.6 Å². The molecule has 2 N–H and O–H groups in total. The van der Waals surface area contributed by atoms with Crippen LogP contribution in [0.5, 0.6) is 11.5 Å². The molecule has 3 aromatic rings. The summed E-state index contributed by atoms with van der Waals surface area (Å²) in [4.78, 5) is 35.0. The Bertz CT molecular complexity index is 1470. The first-order valence-electron chi connectivity index (χ1n) is 12.6. The minimum atomic E-state index is -0.464. The third kappa shape index (κ3) is 4.59. The zero-order chi connectivity index (χ0) is 26.9. The summed E-state index contributed by atoms with van der Waals surface area (Å²) < 4.78 is 11.8. The number of rotatable bonds is 7. The zero-order valence-electron chi connectivity index (χ0n) is 21.6. The van der Waals surface area contributed by atoms with Gasteiger partial charge in [0, 0.05) is 30.4 Å². The first-order chi connectivity index (χ1) is 18.4. The maximum Gasteiger partial charge on any atom is 0.299 e. The number of carbonyl (C=O) groups excluding carboxylic acids is 2. The monoisotopic (exact) mass is 532 g/mol. The molecule has 2 aromatic heterocycles. The first kappa shape index (κ1) is 25.7. The van der Waals surface area contributed by atoms with E-state index in [0.717, 1.165) is 30.5 Å². The lowest BCUT2D eigenvalue weighted by Gasteiger charge is -2.49. The van der Waals surface area contributed by atoms with Crippen LogP contribution in [0.15, 0.2) is 36.7 Å². The summed E-state index contributed by atoms with van der Waals surface area (Å²) in [5.41, 5.74) is 3.81. The Hall–Kier alpha value is -3.96. The number of hydrogen-bond acceptors (Lipinski definition) is 6. The highest BCUT2D eigenvalue weighted by molar-refractivity contribution is 6.32. The highest BCUT2D eigenvalue weighted by Gasteiger charge is 2.44. The molecule has 5 rings (SSSR count). The van der Waals surface area contributed by atoms with Crippen molar-refractivity contribution in [3.63, 3.8) is 0 Å². The number of nitrogens with zero attached hydrogens (tertiary/aromatic N) is 2. The van der Waals surface area contributed by atoms with Crippen LogP contribution < -0.4 is 14.8 Å². The molecule has 196 valence electrons. The summed E-state index contributed by atoms with van der Waals surface area (Å²) >= 11 is 6.38. The van der Waals surface area contributed by atoms with Crippen LogP contribution in [0.3, 0.4) is 0 Å². The van der Waals surface area contributed by atoms with E-state index in [9.17, 15) is 9.59 Å². The first-order valence-corrected chi connectivity index (χ1v) is 12.9. The van der Waals surface area contributed by atoms with Gasteiger partial charge in [0.05, 0.1) is 46.5 Å². The number of halogens is 1. The summed E-state index contributed by atoms with van der Waals surface area (Å²) in [6, 6.07) is 7.28. The number of hydrogen-bond donors (Lipinski definition) is 2. The van der Waals surface area contributed by atoms with E-state index in [1.807, 2.05) is 25.1 Å². The van der Waals surface area contributed by atoms with Crippen molar-refractivity contribution >= 4 is 34.7 Å². The van der Waals surface area contributed by atoms with E-state index in [2.05, 4.69) is 27.1 Å². The molecule has 0 spiro atoms. The van der Waals surface area contributed by atoms with Crippen molar-refractivity contribution in [1.82, 2.24) is 14.9 Å². The normalized spacial score (nSPS) is 18.1. The second-order valence-electron chi connectivity index (χ2n) is 9.69. The van der Waals surface area contributed by atoms with Gasteiger partial charge in [0.2, 0.25) is 0 Å². The molecule has 1 saturated heterocycles. The van der Waals surface area contributed by atoms with Crippen molar-refractivity contribution < 1.29 is 19.1 Å². The number of aromatic amines is 1. The van der Waals surface area contributed by atoms with Crippen molar-refractivity contribution in [2.24, 2.45) is 0 Å². The molecular formula is C29H29ClN4O4. The molecular weight excluding hydrogens is 504 g/mol. The third-order valence-corrected chi connectivity index (χ3v) is 7.51. The zero-order valence-corrected chi connectivity index (χ0v) is 22.4. The Labute approximate surface area is 226 Å². The van der Waals surface area contributed by atoms with Crippen molar-refractivity contribution in [1.29, 1.82) is 0 Å². The Morgan fingerprint density at radius 1 is 1.32 bits per heavy atom. The molecule has 1 aliphatic heterocycles. The predicted molar refractivity (Wildman–Crippen MR) is 146 cm³/mol. The Morgan fingerprint density at radius 2 is 2.16 bits per heavy atom. The summed E-state index contributed by atoms with van der Waals surface area (Å²) in [5, 5.41) is 3.88. The van der Waals surface area contributed by atoms with E-state index in [0.29, 0.717) is 52.1 Å². The lowest BCUT2D eigenvalue weighted by molar-refractivity contribution is -0.141. The number of methoxy groups -OCH3 is 1. The van der Waals surface area contributed by atoms with Crippen molar-refractivity contribution in [2.75, 3.05) is 25.6 Å². The van der Waals surface area contributed by atoms with Gasteiger partial charge >= 0.3 is 0 Å². The fraction of sp³-hybridized carbons (Fsp3) is 0.345. The Morgan fingerprint density at radius 3 is 2.89 bits per heavy atom. The van der Waals surface area contributed by atoms with Gasteiger partial charge in [0.1, 0.15) is 12.4 Å². The maximum atomic E-state index is 13.1. The van der Waals surface area contributed by atoms with Gasteiger partial charge < -0.3 is 24.7 Å². The molecule has 1 amide bonds. The molecule has 1 fully saturated rings. The highest BCUT2D eigenvalue weighted by Crippen LogP contribution is 2.44. The number of anilines is 2. The number of para-hydroxylation sites is 1. The molecule has 9 heteroatoms. The van der Waals surface area contributed by atoms with Crippen LogP contribution in [0.2, 0.25) is 5.02 Å². The van der Waals surface area contributed by atoms with Crippen LogP contribution in [-0.2, 0) is 11.2 Å². The maximum absolute atomic E-state index is 13.1. The van der Waals surface area contributed by atoms with Gasteiger partial charge in [-0.05, 0) is 57.2 Å². The van der Waals surface area contributed by atoms with Crippen LogP contribution in [0.1, 0.15) is 49.2 Å². The molecule has 0 saturated carbocycles. The molecule has 0 bridgehead atoms.